The molecule has 0 saturated carbocycles. The van der Waals surface area contributed by atoms with Gasteiger partial charge in [0.1, 0.15) is 5.75 Å². The summed E-state index contributed by atoms with van der Waals surface area (Å²) in [4.78, 5) is -0.503. The van der Waals surface area contributed by atoms with Crippen molar-refractivity contribution >= 4 is 39.7 Å². The van der Waals surface area contributed by atoms with E-state index in [0.717, 1.165) is 24.3 Å². The molecule has 1 aromatic rings. The number of rotatable bonds is 2. The van der Waals surface area contributed by atoms with E-state index in [1.807, 2.05) is 0 Å². The zero-order chi connectivity index (χ0) is 11.7. The number of alkyl halides is 3. The Hall–Kier alpha value is -0.280. The summed E-state index contributed by atoms with van der Waals surface area (Å²) in [6.45, 7) is 0. The van der Waals surface area contributed by atoms with E-state index >= 15 is 0 Å². The summed E-state index contributed by atoms with van der Waals surface area (Å²) in [6, 6.07) is 3.18. The van der Waals surface area contributed by atoms with Crippen LogP contribution < -0.4 is 4.74 Å². The average molecular weight is 266 g/mol. The number of halogens is 3. The predicted molar refractivity (Wildman–Crippen MR) is 50.1 cm³/mol. The van der Waals surface area contributed by atoms with Crippen molar-refractivity contribution in [3.8, 4) is 5.75 Å². The molecule has 0 spiro atoms. The molecule has 86 valence electrons. The quantitative estimate of drug-likeness (QED) is 0.645. The Bertz CT molecular complexity index is 440. The van der Waals surface area contributed by atoms with Gasteiger partial charge in [0.15, 0.2) is 0 Å². The van der Waals surface area contributed by atoms with Crippen LogP contribution in [0.2, 0.25) is 0 Å². The molecule has 0 aromatic heterocycles. The third-order valence-corrected chi connectivity index (χ3v) is 2.22. The van der Waals surface area contributed by atoms with E-state index in [9.17, 15) is 21.6 Å². The molecule has 0 fully saturated rings. The van der Waals surface area contributed by atoms with Crippen molar-refractivity contribution in [3.05, 3.63) is 24.3 Å². The monoisotopic (exact) mass is 266 g/mol. The first-order valence-electron chi connectivity index (χ1n) is 3.52. The van der Waals surface area contributed by atoms with Gasteiger partial charge in [-0.05, 0) is 24.3 Å². The standard InChI is InChI=1S/C7H5F3O4S.Na.H/c8-7(9,10)14-5-1-3-6(4-2-5)15(11,12)13;;/h1-4H,(H,11,12,13);;. The second kappa shape index (κ2) is 5.37. The molecule has 0 aliphatic heterocycles. The summed E-state index contributed by atoms with van der Waals surface area (Å²) in [5.74, 6) is -0.560. The fraction of sp³-hybridized carbons (Fsp3) is 0.143. The van der Waals surface area contributed by atoms with Gasteiger partial charge in [-0.1, -0.05) is 0 Å². The van der Waals surface area contributed by atoms with Crippen LogP contribution in [-0.2, 0) is 10.1 Å². The SMILES string of the molecule is O=S(=O)(O)c1ccc(OC(F)(F)F)cc1.[NaH]. The predicted octanol–water partition coefficient (Wildman–Crippen LogP) is 1.18. The Kier molecular flexibility index (Phi) is 5.27. The van der Waals surface area contributed by atoms with Gasteiger partial charge in [-0.3, -0.25) is 4.55 Å². The normalized spacial score (nSPS) is 11.8. The van der Waals surface area contributed by atoms with Gasteiger partial charge in [0.05, 0.1) is 4.90 Å². The van der Waals surface area contributed by atoms with E-state index in [1.165, 1.54) is 0 Å². The van der Waals surface area contributed by atoms with Gasteiger partial charge < -0.3 is 4.74 Å². The van der Waals surface area contributed by atoms with Crippen LogP contribution in [0.15, 0.2) is 29.2 Å². The second-order valence-electron chi connectivity index (χ2n) is 2.49. The molecule has 0 atom stereocenters. The third kappa shape index (κ3) is 5.17. The molecule has 0 amide bonds. The van der Waals surface area contributed by atoms with E-state index in [0.29, 0.717) is 0 Å². The van der Waals surface area contributed by atoms with E-state index in [4.69, 9.17) is 4.55 Å². The third-order valence-electron chi connectivity index (χ3n) is 1.36. The van der Waals surface area contributed by atoms with Gasteiger partial charge in [-0.2, -0.15) is 8.42 Å². The van der Waals surface area contributed by atoms with Crippen LogP contribution in [0.3, 0.4) is 0 Å². The minimum atomic E-state index is -4.83. The minimum absolute atomic E-state index is 0. The Morgan fingerprint density at radius 2 is 1.56 bits per heavy atom. The molecule has 1 aromatic carbocycles. The molecule has 0 heterocycles. The van der Waals surface area contributed by atoms with E-state index in [-0.39, 0.29) is 29.6 Å². The molecule has 1 rings (SSSR count). The van der Waals surface area contributed by atoms with E-state index in [1.54, 1.807) is 0 Å². The molecule has 0 aliphatic carbocycles. The van der Waals surface area contributed by atoms with Crippen molar-refractivity contribution in [2.24, 2.45) is 0 Å². The molecule has 4 nitrogen and oxygen atoms in total. The number of hydrogen-bond donors (Lipinski definition) is 1. The molecule has 0 radical (unpaired) electrons. The molecule has 16 heavy (non-hydrogen) atoms. The summed E-state index contributed by atoms with van der Waals surface area (Å²) in [5, 5.41) is 0. The summed E-state index contributed by atoms with van der Waals surface area (Å²) < 4.78 is 68.1. The van der Waals surface area contributed by atoms with Crippen LogP contribution in [0.1, 0.15) is 0 Å². The molecule has 9 heteroatoms. The molecule has 1 N–H and O–H groups in total. The first-order valence-corrected chi connectivity index (χ1v) is 4.96. The Labute approximate surface area is 111 Å². The summed E-state index contributed by atoms with van der Waals surface area (Å²) in [5.41, 5.74) is 0. The van der Waals surface area contributed by atoms with Crippen LogP contribution in [0.5, 0.6) is 5.75 Å². The van der Waals surface area contributed by atoms with Crippen molar-refractivity contribution in [2.75, 3.05) is 0 Å². The van der Waals surface area contributed by atoms with Gasteiger partial charge in [0, 0.05) is 0 Å². The molecule has 0 bridgehead atoms. The van der Waals surface area contributed by atoms with Gasteiger partial charge in [-0.15, -0.1) is 13.2 Å². The fourth-order valence-corrected chi connectivity index (χ4v) is 1.29. The van der Waals surface area contributed by atoms with E-state index in [2.05, 4.69) is 4.74 Å². The second-order valence-corrected chi connectivity index (χ2v) is 3.92. The van der Waals surface area contributed by atoms with Gasteiger partial charge >= 0.3 is 35.9 Å². The van der Waals surface area contributed by atoms with E-state index < -0.39 is 27.1 Å². The molecular formula is C7H6F3NaO4S. The summed E-state index contributed by atoms with van der Waals surface area (Å²) >= 11 is 0. The van der Waals surface area contributed by atoms with Crippen molar-refractivity contribution in [3.63, 3.8) is 0 Å². The first-order chi connectivity index (χ1) is 6.68. The molecular weight excluding hydrogens is 260 g/mol. The Balaban J connectivity index is 0.00000225. The number of benzene rings is 1. The molecule has 0 unspecified atom stereocenters. The van der Waals surface area contributed by atoms with Crippen LogP contribution in [0.4, 0.5) is 13.2 Å². The van der Waals surface area contributed by atoms with Crippen LogP contribution >= 0.6 is 0 Å². The molecule has 0 aliphatic rings. The zero-order valence-corrected chi connectivity index (χ0v) is 7.84. The molecule has 0 saturated heterocycles. The Morgan fingerprint density at radius 3 is 1.88 bits per heavy atom. The topological polar surface area (TPSA) is 63.6 Å². The van der Waals surface area contributed by atoms with Crippen molar-refractivity contribution in [1.82, 2.24) is 0 Å². The van der Waals surface area contributed by atoms with Crippen molar-refractivity contribution in [1.29, 1.82) is 0 Å². The fourth-order valence-electron chi connectivity index (χ4n) is 0.813. The zero-order valence-electron chi connectivity index (χ0n) is 7.02. The van der Waals surface area contributed by atoms with Crippen LogP contribution in [0.25, 0.3) is 0 Å². The van der Waals surface area contributed by atoms with Crippen LogP contribution in [-0.4, -0.2) is 48.9 Å². The first kappa shape index (κ1) is 15.7. The van der Waals surface area contributed by atoms with Gasteiger partial charge in [0.2, 0.25) is 0 Å². The Morgan fingerprint density at radius 1 is 1.12 bits per heavy atom. The van der Waals surface area contributed by atoms with Crippen molar-refractivity contribution in [2.45, 2.75) is 11.3 Å². The number of ether oxygens (including phenoxy) is 1. The summed E-state index contributed by atoms with van der Waals surface area (Å²) in [6.07, 6.45) is -4.83. The maximum absolute atomic E-state index is 11.7. The van der Waals surface area contributed by atoms with Crippen LogP contribution in [0, 0.1) is 0 Å². The van der Waals surface area contributed by atoms with Crippen molar-refractivity contribution < 1.29 is 30.9 Å². The number of hydrogen-bond acceptors (Lipinski definition) is 3. The summed E-state index contributed by atoms with van der Waals surface area (Å²) in [7, 11) is -4.40. The van der Waals surface area contributed by atoms with Gasteiger partial charge in [-0.25, -0.2) is 0 Å². The maximum atomic E-state index is 11.7. The van der Waals surface area contributed by atoms with Gasteiger partial charge in [0.25, 0.3) is 10.1 Å². The average Bonchev–Trinajstić information content (AvgIpc) is 2.00.